The van der Waals surface area contributed by atoms with Gasteiger partial charge in [0.15, 0.2) is 5.15 Å². The van der Waals surface area contributed by atoms with Gasteiger partial charge in [-0.15, -0.1) is 0 Å². The zero-order chi connectivity index (χ0) is 10.7. The monoisotopic (exact) mass is 237 g/mol. The van der Waals surface area contributed by atoms with Gasteiger partial charge in [-0.05, 0) is 12.1 Å². The molecule has 0 aliphatic heterocycles. The van der Waals surface area contributed by atoms with Crippen LogP contribution in [0.4, 0.5) is 0 Å². The van der Waals surface area contributed by atoms with E-state index in [0.29, 0.717) is 15.8 Å². The van der Waals surface area contributed by atoms with Crippen molar-refractivity contribution < 1.29 is 4.74 Å². The summed E-state index contributed by atoms with van der Waals surface area (Å²) in [5.74, 6) is 0.562. The molecule has 0 spiro atoms. The van der Waals surface area contributed by atoms with E-state index in [1.54, 1.807) is 24.5 Å². The standard InChI is InChI=1S/C9H4ClN3OS/c10-8-7(4-11)15-9(13-8)14-6-2-1-3-12-5-6/h1-3,5H. The zero-order valence-corrected chi connectivity index (χ0v) is 8.92. The molecule has 2 aromatic rings. The first-order valence-corrected chi connectivity index (χ1v) is 5.13. The Labute approximate surface area is 94.7 Å². The lowest BCUT2D eigenvalue weighted by molar-refractivity contribution is 0.476. The van der Waals surface area contributed by atoms with E-state index in [4.69, 9.17) is 21.6 Å². The molecule has 0 saturated heterocycles. The molecule has 0 atom stereocenters. The lowest BCUT2D eigenvalue weighted by Crippen LogP contribution is -1.82. The van der Waals surface area contributed by atoms with Crippen molar-refractivity contribution in [1.82, 2.24) is 9.97 Å². The number of aromatic nitrogens is 2. The molecule has 4 nitrogen and oxygen atoms in total. The average molecular weight is 238 g/mol. The maximum absolute atomic E-state index is 8.67. The van der Waals surface area contributed by atoms with Crippen molar-refractivity contribution in [3.63, 3.8) is 0 Å². The summed E-state index contributed by atoms with van der Waals surface area (Å²) in [6, 6.07) is 5.42. The van der Waals surface area contributed by atoms with Gasteiger partial charge in [-0.3, -0.25) is 4.98 Å². The number of hydrogen-bond donors (Lipinski definition) is 0. The second kappa shape index (κ2) is 4.26. The average Bonchev–Trinajstić information content (AvgIpc) is 2.60. The summed E-state index contributed by atoms with van der Waals surface area (Å²) in [5, 5.41) is 9.17. The van der Waals surface area contributed by atoms with Crippen molar-refractivity contribution in [1.29, 1.82) is 5.26 Å². The number of rotatable bonds is 2. The molecule has 74 valence electrons. The fourth-order valence-corrected chi connectivity index (χ4v) is 1.81. The summed E-state index contributed by atoms with van der Waals surface area (Å²) in [5.41, 5.74) is 0. The molecule has 2 aromatic heterocycles. The predicted octanol–water partition coefficient (Wildman–Crippen LogP) is 2.86. The van der Waals surface area contributed by atoms with Gasteiger partial charge in [-0.25, -0.2) is 0 Å². The lowest BCUT2D eigenvalue weighted by atomic mass is 10.5. The largest absolute Gasteiger partial charge is 0.429 e. The Kier molecular flexibility index (Phi) is 2.81. The second-order valence-electron chi connectivity index (χ2n) is 2.50. The fourth-order valence-electron chi connectivity index (χ4n) is 0.904. The number of nitrogens with zero attached hydrogens (tertiary/aromatic N) is 3. The van der Waals surface area contributed by atoms with Gasteiger partial charge in [-0.1, -0.05) is 22.9 Å². The van der Waals surface area contributed by atoms with E-state index in [-0.39, 0.29) is 5.15 Å². The third kappa shape index (κ3) is 2.24. The molecule has 0 unspecified atom stereocenters. The number of pyridine rings is 1. The van der Waals surface area contributed by atoms with Crippen molar-refractivity contribution in [3.8, 4) is 17.0 Å². The van der Waals surface area contributed by atoms with E-state index < -0.39 is 0 Å². The van der Waals surface area contributed by atoms with Crippen molar-refractivity contribution >= 4 is 22.9 Å². The molecule has 0 radical (unpaired) electrons. The van der Waals surface area contributed by atoms with E-state index in [1.807, 2.05) is 6.07 Å². The van der Waals surface area contributed by atoms with Crippen LogP contribution in [0, 0.1) is 11.3 Å². The third-order valence-electron chi connectivity index (χ3n) is 1.51. The molecular weight excluding hydrogens is 234 g/mol. The molecule has 6 heteroatoms. The zero-order valence-electron chi connectivity index (χ0n) is 7.35. The molecule has 0 saturated carbocycles. The van der Waals surface area contributed by atoms with Crippen molar-refractivity contribution in [2.75, 3.05) is 0 Å². The molecule has 0 aromatic carbocycles. The number of halogens is 1. The maximum atomic E-state index is 8.67. The molecule has 2 rings (SSSR count). The van der Waals surface area contributed by atoms with E-state index >= 15 is 0 Å². The highest BCUT2D eigenvalue weighted by atomic mass is 35.5. The van der Waals surface area contributed by atoms with Gasteiger partial charge in [0.1, 0.15) is 16.7 Å². The summed E-state index contributed by atoms with van der Waals surface area (Å²) < 4.78 is 5.35. The SMILES string of the molecule is N#Cc1sc(Oc2cccnc2)nc1Cl. The maximum Gasteiger partial charge on any atom is 0.281 e. The Morgan fingerprint density at radius 1 is 1.53 bits per heavy atom. The first-order valence-electron chi connectivity index (χ1n) is 3.94. The number of thiazole rings is 1. The quantitative estimate of drug-likeness (QED) is 0.806. The van der Waals surface area contributed by atoms with Crippen molar-refractivity contribution in [3.05, 3.63) is 34.6 Å². The van der Waals surface area contributed by atoms with Crippen LogP contribution in [0.2, 0.25) is 5.15 Å². The van der Waals surface area contributed by atoms with Gasteiger partial charge in [0.2, 0.25) is 0 Å². The number of hydrogen-bond acceptors (Lipinski definition) is 5. The fraction of sp³-hybridized carbons (Fsp3) is 0. The third-order valence-corrected chi connectivity index (χ3v) is 2.73. The molecule has 0 aliphatic rings. The highest BCUT2D eigenvalue weighted by molar-refractivity contribution is 7.14. The van der Waals surface area contributed by atoms with E-state index in [2.05, 4.69) is 9.97 Å². The second-order valence-corrected chi connectivity index (χ2v) is 3.82. The first kappa shape index (κ1) is 9.90. The highest BCUT2D eigenvalue weighted by Crippen LogP contribution is 2.30. The molecule has 0 aliphatic carbocycles. The Hall–Kier alpha value is -1.64. The van der Waals surface area contributed by atoms with Gasteiger partial charge in [-0.2, -0.15) is 10.2 Å². The van der Waals surface area contributed by atoms with Gasteiger partial charge < -0.3 is 4.74 Å². The van der Waals surface area contributed by atoms with E-state index in [0.717, 1.165) is 11.3 Å². The van der Waals surface area contributed by atoms with Gasteiger partial charge in [0.05, 0.1) is 6.20 Å². The Morgan fingerprint density at radius 2 is 2.40 bits per heavy atom. The van der Waals surface area contributed by atoms with Crippen LogP contribution in [0.15, 0.2) is 24.5 Å². The topological polar surface area (TPSA) is 58.8 Å². The Morgan fingerprint density at radius 3 is 3.00 bits per heavy atom. The van der Waals surface area contributed by atoms with Crippen molar-refractivity contribution in [2.24, 2.45) is 0 Å². The molecule has 2 heterocycles. The van der Waals surface area contributed by atoms with Crippen LogP contribution >= 0.6 is 22.9 Å². The molecule has 0 fully saturated rings. The smallest absolute Gasteiger partial charge is 0.281 e. The minimum absolute atomic E-state index is 0.168. The van der Waals surface area contributed by atoms with Gasteiger partial charge in [0, 0.05) is 6.20 Å². The normalized spacial score (nSPS) is 9.60. The lowest BCUT2D eigenvalue weighted by Gasteiger charge is -1.98. The van der Waals surface area contributed by atoms with Crippen LogP contribution in [0.5, 0.6) is 10.9 Å². The summed E-state index contributed by atoms with van der Waals surface area (Å²) in [6.45, 7) is 0. The minimum Gasteiger partial charge on any atom is -0.429 e. The summed E-state index contributed by atoms with van der Waals surface area (Å²) in [6.07, 6.45) is 3.20. The predicted molar refractivity (Wildman–Crippen MR) is 56.2 cm³/mol. The molecule has 0 amide bonds. The van der Waals surface area contributed by atoms with Gasteiger partial charge in [0.25, 0.3) is 5.19 Å². The highest BCUT2D eigenvalue weighted by Gasteiger charge is 2.10. The van der Waals surface area contributed by atoms with Crippen molar-refractivity contribution in [2.45, 2.75) is 0 Å². The minimum atomic E-state index is 0.168. The van der Waals surface area contributed by atoms with Crippen LogP contribution in [0.25, 0.3) is 0 Å². The first-order chi connectivity index (χ1) is 7.29. The molecule has 0 N–H and O–H groups in total. The summed E-state index contributed by atoms with van der Waals surface area (Å²) in [7, 11) is 0. The van der Waals surface area contributed by atoms with Gasteiger partial charge >= 0.3 is 0 Å². The van der Waals surface area contributed by atoms with E-state index in [9.17, 15) is 0 Å². The van der Waals surface area contributed by atoms with Crippen LogP contribution in [-0.2, 0) is 0 Å². The molecular formula is C9H4ClN3OS. The van der Waals surface area contributed by atoms with Crippen LogP contribution in [0.3, 0.4) is 0 Å². The molecule has 15 heavy (non-hydrogen) atoms. The molecule has 0 bridgehead atoms. The van der Waals surface area contributed by atoms with Crippen LogP contribution < -0.4 is 4.74 Å². The Bertz CT molecular complexity index is 506. The van der Waals surface area contributed by atoms with E-state index in [1.165, 1.54) is 0 Å². The van der Waals surface area contributed by atoms with Crippen LogP contribution in [0.1, 0.15) is 4.88 Å². The number of nitriles is 1. The summed E-state index contributed by atoms with van der Waals surface area (Å²) >= 11 is 6.79. The van der Waals surface area contributed by atoms with Crippen LogP contribution in [-0.4, -0.2) is 9.97 Å². The Balaban J connectivity index is 2.23. The summed E-state index contributed by atoms with van der Waals surface area (Å²) in [4.78, 5) is 8.12. The number of ether oxygens (including phenoxy) is 1.